The number of benzene rings is 2. The minimum Gasteiger partial charge on any atom is -0.461 e. The maximum atomic E-state index is 13.8. The topological polar surface area (TPSA) is 107 Å². The number of carbonyl (C=O) groups is 1. The second kappa shape index (κ2) is 12.9. The number of β-amino-alcohol motifs (C(OH)–C–C–N with tert-alkyl or cyclic N) is 1. The number of aromatic nitrogens is 3. The summed E-state index contributed by atoms with van der Waals surface area (Å²) in [5.41, 5.74) is 4.05. The lowest BCUT2D eigenvalue weighted by Crippen LogP contribution is -2.56. The number of amides is 1. The van der Waals surface area contributed by atoms with Crippen molar-refractivity contribution in [1.82, 2.24) is 24.8 Å². The molecule has 2 saturated heterocycles. The van der Waals surface area contributed by atoms with Crippen LogP contribution < -0.4 is 15.0 Å². The summed E-state index contributed by atoms with van der Waals surface area (Å²) < 4.78 is 7.07. The highest BCUT2D eigenvalue weighted by molar-refractivity contribution is 7.22. The van der Waals surface area contributed by atoms with E-state index in [4.69, 9.17) is 9.72 Å². The van der Waals surface area contributed by atoms with Crippen LogP contribution in [0.15, 0.2) is 54.6 Å². The summed E-state index contributed by atoms with van der Waals surface area (Å²) in [4.78, 5) is 34.2. The van der Waals surface area contributed by atoms with Crippen LogP contribution >= 0.6 is 11.3 Å². The first-order chi connectivity index (χ1) is 21.9. The lowest BCUT2D eigenvalue weighted by atomic mass is 9.94. The zero-order valence-corrected chi connectivity index (χ0v) is 26.7. The molecule has 0 unspecified atom stereocenters. The van der Waals surface area contributed by atoms with Gasteiger partial charge in [-0.3, -0.25) is 9.69 Å². The molecule has 0 saturated carbocycles. The number of nitrogens with one attached hydrogen (secondary N) is 1. The minimum absolute atomic E-state index is 0.0264. The largest absolute Gasteiger partial charge is 0.461 e. The molecule has 0 spiro atoms. The number of ether oxygens (including phenoxy) is 1. The fraction of sp³-hybridized carbons (Fsp3) is 0.471. The molecule has 2 atom stereocenters. The number of thiazole rings is 1. The van der Waals surface area contributed by atoms with Crippen molar-refractivity contribution in [3.63, 3.8) is 0 Å². The number of anilines is 2. The third-order valence-corrected chi connectivity index (χ3v) is 10.2. The number of hydrogen-bond donors (Lipinski definition) is 2. The Balaban J connectivity index is 1.000. The van der Waals surface area contributed by atoms with Crippen molar-refractivity contribution < 1.29 is 14.6 Å². The zero-order valence-electron chi connectivity index (χ0n) is 25.9. The van der Waals surface area contributed by atoms with Crippen molar-refractivity contribution >= 4 is 38.4 Å². The number of rotatable bonds is 7. The summed E-state index contributed by atoms with van der Waals surface area (Å²) in [5.74, 6) is 0.381. The van der Waals surface area contributed by atoms with Crippen molar-refractivity contribution in [1.29, 1.82) is 0 Å². The van der Waals surface area contributed by atoms with Gasteiger partial charge in [0, 0.05) is 57.4 Å². The lowest BCUT2D eigenvalue weighted by molar-refractivity contribution is -0.0139. The lowest BCUT2D eigenvalue weighted by Gasteiger charge is -2.43. The SMILES string of the molecule is CC(C)Oc1nc(NC2CCN(c3nc4ccccc4s3)CC2)cc(C(=O)N2CC[C@@H](N3CCc4ccccc4C3)[C@H](O)C2)n1. The summed E-state index contributed by atoms with van der Waals surface area (Å²) >= 11 is 1.74. The van der Waals surface area contributed by atoms with Gasteiger partial charge in [0.25, 0.3) is 5.91 Å². The van der Waals surface area contributed by atoms with E-state index in [0.29, 0.717) is 18.8 Å². The third-order valence-electron chi connectivity index (χ3n) is 9.13. The second-order valence-electron chi connectivity index (χ2n) is 12.6. The van der Waals surface area contributed by atoms with Crippen LogP contribution in [0.1, 0.15) is 54.7 Å². The molecule has 2 aromatic heterocycles. The van der Waals surface area contributed by atoms with E-state index >= 15 is 0 Å². The van der Waals surface area contributed by atoms with Crippen LogP contribution in [0.2, 0.25) is 0 Å². The molecule has 3 aliphatic rings. The number of likely N-dealkylation sites (tertiary alicyclic amines) is 1. The fourth-order valence-electron chi connectivity index (χ4n) is 6.78. The molecule has 11 heteroatoms. The van der Waals surface area contributed by atoms with Gasteiger partial charge in [-0.1, -0.05) is 47.7 Å². The van der Waals surface area contributed by atoms with E-state index in [0.717, 1.165) is 56.1 Å². The summed E-state index contributed by atoms with van der Waals surface area (Å²) in [7, 11) is 0. The predicted molar refractivity (Wildman–Crippen MR) is 177 cm³/mol. The molecule has 236 valence electrons. The predicted octanol–water partition coefficient (Wildman–Crippen LogP) is 4.59. The van der Waals surface area contributed by atoms with Gasteiger partial charge in [0.05, 0.1) is 22.4 Å². The van der Waals surface area contributed by atoms with Gasteiger partial charge in [-0.15, -0.1) is 0 Å². The van der Waals surface area contributed by atoms with Gasteiger partial charge in [-0.25, -0.2) is 4.98 Å². The van der Waals surface area contributed by atoms with Crippen molar-refractivity contribution in [2.24, 2.45) is 0 Å². The molecule has 7 rings (SSSR count). The van der Waals surface area contributed by atoms with Gasteiger partial charge >= 0.3 is 6.01 Å². The fourth-order valence-corrected chi connectivity index (χ4v) is 7.80. The average Bonchev–Trinajstić information content (AvgIpc) is 3.48. The third kappa shape index (κ3) is 6.61. The Morgan fingerprint density at radius 3 is 2.53 bits per heavy atom. The molecule has 0 radical (unpaired) electrons. The van der Waals surface area contributed by atoms with E-state index in [1.807, 2.05) is 19.9 Å². The van der Waals surface area contributed by atoms with Gasteiger partial charge in [-0.2, -0.15) is 9.97 Å². The van der Waals surface area contributed by atoms with Crippen LogP contribution in [0.4, 0.5) is 10.9 Å². The van der Waals surface area contributed by atoms with Crippen molar-refractivity contribution in [2.75, 3.05) is 42.9 Å². The molecular formula is C34H41N7O3S. The van der Waals surface area contributed by atoms with Gasteiger partial charge in [0.1, 0.15) is 11.5 Å². The molecule has 2 fully saturated rings. The second-order valence-corrected chi connectivity index (χ2v) is 13.6. The highest BCUT2D eigenvalue weighted by atomic mass is 32.1. The molecule has 5 heterocycles. The Kier molecular flexibility index (Phi) is 8.57. The Labute approximate surface area is 268 Å². The van der Waals surface area contributed by atoms with Crippen LogP contribution in [-0.2, 0) is 13.0 Å². The van der Waals surface area contributed by atoms with E-state index in [1.165, 1.54) is 15.8 Å². The van der Waals surface area contributed by atoms with Crippen LogP contribution in [0, 0.1) is 0 Å². The van der Waals surface area contributed by atoms with Gasteiger partial charge in [0.2, 0.25) is 0 Å². The summed E-state index contributed by atoms with van der Waals surface area (Å²) in [6.07, 6.45) is 2.78. The first-order valence-electron chi connectivity index (χ1n) is 16.1. The van der Waals surface area contributed by atoms with Crippen LogP contribution in [-0.4, -0.2) is 92.8 Å². The number of carbonyl (C=O) groups excluding carboxylic acids is 1. The monoisotopic (exact) mass is 627 g/mol. The molecule has 0 aliphatic carbocycles. The van der Waals surface area contributed by atoms with Crippen molar-refractivity contribution in [2.45, 2.75) is 70.4 Å². The number of para-hydroxylation sites is 1. The van der Waals surface area contributed by atoms with Gasteiger partial charge < -0.3 is 25.0 Å². The Bertz CT molecular complexity index is 1620. The quantitative estimate of drug-likeness (QED) is 0.304. The number of fused-ring (bicyclic) bond motifs is 2. The molecule has 2 aromatic carbocycles. The van der Waals surface area contributed by atoms with Crippen LogP contribution in [0.25, 0.3) is 10.2 Å². The highest BCUT2D eigenvalue weighted by Crippen LogP contribution is 2.31. The van der Waals surface area contributed by atoms with Crippen molar-refractivity contribution in [3.8, 4) is 6.01 Å². The van der Waals surface area contributed by atoms with Gasteiger partial charge in [-0.05, 0) is 62.8 Å². The zero-order chi connectivity index (χ0) is 30.9. The van der Waals surface area contributed by atoms with Crippen molar-refractivity contribution in [3.05, 3.63) is 71.4 Å². The van der Waals surface area contributed by atoms with Gasteiger partial charge in [0.15, 0.2) is 5.13 Å². The molecule has 3 aliphatic heterocycles. The standard InChI is InChI=1S/C34H41N7O3S/c1-22(2)44-33-36-27(32(43)41-18-14-28(29(42)21-41)40-15-11-23-7-3-4-8-24(23)20-40)19-31(38-33)35-25-12-16-39(17-13-25)34-37-26-9-5-6-10-30(26)45-34/h3-10,19,22,25,28-29,42H,11-18,20-21H2,1-2H3,(H,35,36,38)/t28-,29-/m1/s1. The smallest absolute Gasteiger partial charge is 0.319 e. The molecule has 10 nitrogen and oxygen atoms in total. The number of piperidine rings is 2. The maximum absolute atomic E-state index is 13.8. The van der Waals surface area contributed by atoms with Crippen LogP contribution in [0.3, 0.4) is 0 Å². The molecule has 4 aromatic rings. The summed E-state index contributed by atoms with van der Waals surface area (Å²) in [5, 5.41) is 15.8. The normalized spacial score (nSPS) is 21.2. The Hall–Kier alpha value is -3.80. The highest BCUT2D eigenvalue weighted by Gasteiger charge is 2.36. The minimum atomic E-state index is -0.626. The Morgan fingerprint density at radius 1 is 0.978 bits per heavy atom. The average molecular weight is 628 g/mol. The molecule has 0 bridgehead atoms. The number of nitrogens with zero attached hydrogens (tertiary/aromatic N) is 6. The number of hydrogen-bond acceptors (Lipinski definition) is 10. The van der Waals surface area contributed by atoms with E-state index in [2.05, 4.69) is 67.5 Å². The van der Waals surface area contributed by atoms with E-state index in [-0.39, 0.29) is 42.3 Å². The van der Waals surface area contributed by atoms with Crippen LogP contribution in [0.5, 0.6) is 6.01 Å². The first-order valence-corrected chi connectivity index (χ1v) is 16.9. The molecule has 1 amide bonds. The molecular weight excluding hydrogens is 586 g/mol. The van der Waals surface area contributed by atoms with E-state index in [1.54, 1.807) is 22.3 Å². The molecule has 45 heavy (non-hydrogen) atoms. The number of aliphatic hydroxyl groups is 1. The molecule has 2 N–H and O–H groups in total. The number of aliphatic hydroxyl groups excluding tert-OH is 1. The first kappa shape index (κ1) is 29.9. The van der Waals surface area contributed by atoms with E-state index in [9.17, 15) is 9.90 Å². The Morgan fingerprint density at radius 2 is 1.76 bits per heavy atom. The summed E-state index contributed by atoms with van der Waals surface area (Å²) in [6.45, 7) is 8.21. The van der Waals surface area contributed by atoms with E-state index < -0.39 is 6.10 Å². The summed E-state index contributed by atoms with van der Waals surface area (Å²) in [6, 6.07) is 18.9. The maximum Gasteiger partial charge on any atom is 0.319 e.